The molecule has 0 radical (unpaired) electrons. The van der Waals surface area contributed by atoms with E-state index in [1.807, 2.05) is 24.3 Å². The molecule has 0 amide bonds. The molecular formula is C13H19FO3S. The third-order valence-electron chi connectivity index (χ3n) is 2.52. The summed E-state index contributed by atoms with van der Waals surface area (Å²) in [7, 11) is -4.38. The molecule has 0 heterocycles. The molecule has 0 unspecified atom stereocenters. The first kappa shape index (κ1) is 15.0. The molecule has 1 aromatic carbocycles. The minimum atomic E-state index is -4.38. The summed E-state index contributed by atoms with van der Waals surface area (Å²) in [6, 6.07) is 7.62. The van der Waals surface area contributed by atoms with Crippen LogP contribution in [0.1, 0.15) is 32.8 Å². The Balaban J connectivity index is 2.45. The maximum absolute atomic E-state index is 12.2. The van der Waals surface area contributed by atoms with E-state index in [0.717, 1.165) is 0 Å². The highest BCUT2D eigenvalue weighted by atomic mass is 32.3. The molecule has 1 rings (SSSR count). The monoisotopic (exact) mass is 274 g/mol. The third kappa shape index (κ3) is 5.49. The van der Waals surface area contributed by atoms with Gasteiger partial charge >= 0.3 is 10.2 Å². The molecular weight excluding hydrogens is 255 g/mol. The molecule has 0 saturated heterocycles. The molecule has 0 aromatic heterocycles. The predicted molar refractivity (Wildman–Crippen MR) is 70.1 cm³/mol. The summed E-state index contributed by atoms with van der Waals surface area (Å²) in [6.45, 7) is 6.55. The molecule has 0 aliphatic carbocycles. The van der Waals surface area contributed by atoms with Crippen LogP contribution >= 0.6 is 0 Å². The van der Waals surface area contributed by atoms with Crippen molar-refractivity contribution in [3.63, 3.8) is 0 Å². The zero-order valence-corrected chi connectivity index (χ0v) is 11.8. The van der Waals surface area contributed by atoms with Crippen molar-refractivity contribution in [1.29, 1.82) is 0 Å². The van der Waals surface area contributed by atoms with Gasteiger partial charge in [0, 0.05) is 0 Å². The Morgan fingerprint density at radius 3 is 2.17 bits per heavy atom. The van der Waals surface area contributed by atoms with Crippen molar-refractivity contribution in [1.82, 2.24) is 0 Å². The van der Waals surface area contributed by atoms with Crippen LogP contribution in [0.25, 0.3) is 0 Å². The van der Waals surface area contributed by atoms with E-state index in [0.29, 0.717) is 5.75 Å². The third-order valence-corrected chi connectivity index (χ3v) is 3.30. The van der Waals surface area contributed by atoms with Gasteiger partial charge in [-0.3, -0.25) is 0 Å². The fourth-order valence-corrected chi connectivity index (χ4v) is 1.94. The van der Waals surface area contributed by atoms with Gasteiger partial charge in [0.2, 0.25) is 0 Å². The minimum absolute atomic E-state index is 0.0842. The quantitative estimate of drug-likeness (QED) is 0.612. The van der Waals surface area contributed by atoms with Crippen molar-refractivity contribution in [2.24, 2.45) is 0 Å². The molecule has 102 valence electrons. The lowest BCUT2D eigenvalue weighted by Crippen LogP contribution is -2.10. The summed E-state index contributed by atoms with van der Waals surface area (Å²) in [5.74, 6) is 0.173. The summed E-state index contributed by atoms with van der Waals surface area (Å²) in [5, 5.41) is 0. The second-order valence-electron chi connectivity index (χ2n) is 5.22. The topological polar surface area (TPSA) is 43.4 Å². The van der Waals surface area contributed by atoms with Crippen LogP contribution in [0, 0.1) is 0 Å². The van der Waals surface area contributed by atoms with Gasteiger partial charge in [0.25, 0.3) is 0 Å². The van der Waals surface area contributed by atoms with Crippen LogP contribution in [0.5, 0.6) is 5.75 Å². The lowest BCUT2D eigenvalue weighted by atomic mass is 9.87. The maximum atomic E-state index is 12.2. The largest absolute Gasteiger partial charge is 0.494 e. The Morgan fingerprint density at radius 1 is 1.17 bits per heavy atom. The number of rotatable bonds is 5. The average molecular weight is 274 g/mol. The summed E-state index contributed by atoms with van der Waals surface area (Å²) in [6.07, 6.45) is 0.153. The molecule has 0 N–H and O–H groups in total. The van der Waals surface area contributed by atoms with Crippen molar-refractivity contribution in [3.05, 3.63) is 29.8 Å². The van der Waals surface area contributed by atoms with E-state index in [9.17, 15) is 12.3 Å². The van der Waals surface area contributed by atoms with Crippen LogP contribution in [0.3, 0.4) is 0 Å². The highest BCUT2D eigenvalue weighted by molar-refractivity contribution is 7.86. The molecule has 3 nitrogen and oxygen atoms in total. The Hall–Kier alpha value is -1.10. The van der Waals surface area contributed by atoms with Crippen LogP contribution in [0.4, 0.5) is 3.89 Å². The van der Waals surface area contributed by atoms with E-state index >= 15 is 0 Å². The molecule has 0 aliphatic heterocycles. The van der Waals surface area contributed by atoms with Gasteiger partial charge in [-0.1, -0.05) is 32.9 Å². The second-order valence-corrected chi connectivity index (χ2v) is 6.71. The normalized spacial score (nSPS) is 12.4. The molecule has 0 fully saturated rings. The van der Waals surface area contributed by atoms with E-state index in [2.05, 4.69) is 20.8 Å². The Labute approximate surface area is 108 Å². The van der Waals surface area contributed by atoms with Gasteiger partial charge in [0.15, 0.2) is 0 Å². The molecule has 0 aliphatic rings. The van der Waals surface area contributed by atoms with Gasteiger partial charge in [-0.25, -0.2) is 0 Å². The van der Waals surface area contributed by atoms with Gasteiger partial charge in [-0.05, 0) is 29.5 Å². The fourth-order valence-electron chi connectivity index (χ4n) is 1.47. The first-order valence-corrected chi connectivity index (χ1v) is 7.39. The van der Waals surface area contributed by atoms with E-state index in [1.54, 1.807) is 0 Å². The van der Waals surface area contributed by atoms with Crippen LogP contribution in [-0.4, -0.2) is 20.8 Å². The average Bonchev–Trinajstić information content (AvgIpc) is 2.22. The van der Waals surface area contributed by atoms with Gasteiger partial charge in [0.05, 0.1) is 12.4 Å². The summed E-state index contributed by atoms with van der Waals surface area (Å²) >= 11 is 0. The van der Waals surface area contributed by atoms with Crippen LogP contribution in [0.2, 0.25) is 0 Å². The van der Waals surface area contributed by atoms with Crippen molar-refractivity contribution in [2.75, 3.05) is 12.4 Å². The smallest absolute Gasteiger partial charge is 0.302 e. The Morgan fingerprint density at radius 2 is 1.72 bits per heavy atom. The van der Waals surface area contributed by atoms with E-state index in [4.69, 9.17) is 4.74 Å². The SMILES string of the molecule is CC(C)(C)c1ccc(OCCCS(=O)(=O)F)cc1. The van der Waals surface area contributed by atoms with Gasteiger partial charge < -0.3 is 4.74 Å². The zero-order valence-electron chi connectivity index (χ0n) is 10.9. The lowest BCUT2D eigenvalue weighted by Gasteiger charge is -2.19. The van der Waals surface area contributed by atoms with Gasteiger partial charge in [-0.15, -0.1) is 3.89 Å². The van der Waals surface area contributed by atoms with Crippen molar-refractivity contribution in [3.8, 4) is 5.75 Å². The molecule has 18 heavy (non-hydrogen) atoms. The van der Waals surface area contributed by atoms with E-state index < -0.39 is 16.0 Å². The highest BCUT2D eigenvalue weighted by Crippen LogP contribution is 2.24. The van der Waals surface area contributed by atoms with Gasteiger partial charge in [-0.2, -0.15) is 8.42 Å². The van der Waals surface area contributed by atoms with Crippen molar-refractivity contribution < 1.29 is 17.0 Å². The molecule has 0 atom stereocenters. The molecule has 5 heteroatoms. The first-order chi connectivity index (χ1) is 8.18. The fraction of sp³-hybridized carbons (Fsp3) is 0.538. The zero-order chi connectivity index (χ0) is 13.8. The number of hydrogen-bond donors (Lipinski definition) is 0. The highest BCUT2D eigenvalue weighted by Gasteiger charge is 2.13. The number of hydrogen-bond acceptors (Lipinski definition) is 3. The number of halogens is 1. The maximum Gasteiger partial charge on any atom is 0.302 e. The van der Waals surface area contributed by atoms with Crippen molar-refractivity contribution >= 4 is 10.2 Å². The van der Waals surface area contributed by atoms with E-state index in [1.165, 1.54) is 5.56 Å². The second kappa shape index (κ2) is 5.69. The number of ether oxygens (including phenoxy) is 1. The van der Waals surface area contributed by atoms with E-state index in [-0.39, 0.29) is 18.4 Å². The van der Waals surface area contributed by atoms with Crippen LogP contribution in [-0.2, 0) is 15.6 Å². The Kier molecular flexibility index (Phi) is 4.73. The summed E-state index contributed by atoms with van der Waals surface area (Å²) in [4.78, 5) is 0. The molecule has 0 bridgehead atoms. The predicted octanol–water partition coefficient (Wildman–Crippen LogP) is 3.05. The van der Waals surface area contributed by atoms with Gasteiger partial charge in [0.1, 0.15) is 5.75 Å². The minimum Gasteiger partial charge on any atom is -0.494 e. The number of benzene rings is 1. The first-order valence-electron chi connectivity index (χ1n) is 5.84. The molecule has 0 spiro atoms. The molecule has 0 saturated carbocycles. The van der Waals surface area contributed by atoms with Crippen molar-refractivity contribution in [2.45, 2.75) is 32.6 Å². The standard InChI is InChI=1S/C13H19FO3S/c1-13(2,3)11-5-7-12(8-6-11)17-9-4-10-18(14,15)16/h5-8H,4,9-10H2,1-3H3. The van der Waals surface area contributed by atoms with Crippen LogP contribution < -0.4 is 4.74 Å². The summed E-state index contributed by atoms with van der Waals surface area (Å²) < 4.78 is 38.1. The molecule has 1 aromatic rings. The lowest BCUT2D eigenvalue weighted by molar-refractivity contribution is 0.317. The Bertz CT molecular complexity index is 472. The summed E-state index contributed by atoms with van der Waals surface area (Å²) in [5.41, 5.74) is 1.28. The van der Waals surface area contributed by atoms with Crippen LogP contribution in [0.15, 0.2) is 24.3 Å².